The molecule has 0 fully saturated rings. The van der Waals surface area contributed by atoms with Crippen LogP contribution in [0.3, 0.4) is 0 Å². The highest BCUT2D eigenvalue weighted by atomic mass is 16.5. The fourth-order valence-electron chi connectivity index (χ4n) is 4.95. The van der Waals surface area contributed by atoms with Crippen molar-refractivity contribution in [1.82, 2.24) is 20.4 Å². The number of methoxy groups -OCH3 is 1. The molecule has 0 spiro atoms. The molecule has 0 saturated carbocycles. The Bertz CT molecular complexity index is 1190. The van der Waals surface area contributed by atoms with Crippen molar-refractivity contribution in [2.45, 2.75) is 44.7 Å². The molecule has 7 nitrogen and oxygen atoms in total. The number of aromatic nitrogens is 2. The number of carbonyl (C=O) groups excluding carboxylic acids is 2. The monoisotopic (exact) mass is 444 g/mol. The topological polar surface area (TPSA) is 87.3 Å². The Balaban J connectivity index is 1.30. The van der Waals surface area contributed by atoms with Gasteiger partial charge in [0.05, 0.1) is 19.6 Å². The molecule has 0 bridgehead atoms. The van der Waals surface area contributed by atoms with Crippen molar-refractivity contribution in [3.8, 4) is 5.75 Å². The number of carbonyl (C=O) groups is 2. The van der Waals surface area contributed by atoms with Crippen molar-refractivity contribution in [1.29, 1.82) is 0 Å². The first-order valence-electron chi connectivity index (χ1n) is 11.5. The first-order valence-corrected chi connectivity index (χ1v) is 11.5. The van der Waals surface area contributed by atoms with Crippen LogP contribution in [-0.2, 0) is 30.6 Å². The Kier molecular flexibility index (Phi) is 5.86. The lowest BCUT2D eigenvalue weighted by Gasteiger charge is -2.28. The minimum absolute atomic E-state index is 0.0123. The molecule has 1 atom stereocenters. The first-order chi connectivity index (χ1) is 16.1. The highest BCUT2D eigenvalue weighted by Gasteiger charge is 2.30. The Morgan fingerprint density at radius 3 is 2.85 bits per heavy atom. The fourth-order valence-corrected chi connectivity index (χ4v) is 4.95. The zero-order valence-electron chi connectivity index (χ0n) is 18.8. The predicted molar refractivity (Wildman–Crippen MR) is 124 cm³/mol. The van der Waals surface area contributed by atoms with E-state index in [-0.39, 0.29) is 24.3 Å². The number of amides is 2. The van der Waals surface area contributed by atoms with Gasteiger partial charge >= 0.3 is 0 Å². The Morgan fingerprint density at radius 2 is 1.97 bits per heavy atom. The van der Waals surface area contributed by atoms with Crippen LogP contribution in [0.5, 0.6) is 5.75 Å². The van der Waals surface area contributed by atoms with Gasteiger partial charge in [-0.15, -0.1) is 0 Å². The SMILES string of the molecule is COc1ccccc1CC(=O)N1CCc2[nH]nc(C(=O)N[C@H]3CCCc4ccccc43)c2C1. The van der Waals surface area contributed by atoms with Gasteiger partial charge in [0.25, 0.3) is 5.91 Å². The number of nitrogens with one attached hydrogen (secondary N) is 2. The molecule has 170 valence electrons. The molecular formula is C26H28N4O3. The molecule has 7 heteroatoms. The average molecular weight is 445 g/mol. The van der Waals surface area contributed by atoms with Crippen molar-refractivity contribution in [2.75, 3.05) is 13.7 Å². The van der Waals surface area contributed by atoms with Gasteiger partial charge in [0.15, 0.2) is 5.69 Å². The molecule has 33 heavy (non-hydrogen) atoms. The molecule has 5 rings (SSSR count). The van der Waals surface area contributed by atoms with E-state index in [0.717, 1.165) is 36.1 Å². The van der Waals surface area contributed by atoms with Crippen LogP contribution in [0.15, 0.2) is 48.5 Å². The maximum atomic E-state index is 13.2. The molecule has 0 unspecified atom stereocenters. The molecular weight excluding hydrogens is 416 g/mol. The van der Waals surface area contributed by atoms with Crippen LogP contribution < -0.4 is 10.1 Å². The molecule has 2 aromatic carbocycles. The third-order valence-electron chi connectivity index (χ3n) is 6.71. The number of hydrogen-bond acceptors (Lipinski definition) is 4. The standard InChI is InChI=1S/C26H28N4O3/c1-33-23-12-5-3-8-18(23)15-24(31)30-14-13-22-20(16-30)25(29-28-22)26(32)27-21-11-6-9-17-7-2-4-10-19(17)21/h2-5,7-8,10,12,21H,6,9,11,13-16H2,1H3,(H,27,32)(H,28,29)/t21-/m0/s1. The van der Waals surface area contributed by atoms with Crippen LogP contribution >= 0.6 is 0 Å². The van der Waals surface area contributed by atoms with Gasteiger partial charge in [0.2, 0.25) is 5.91 Å². The molecule has 0 saturated heterocycles. The Hall–Kier alpha value is -3.61. The van der Waals surface area contributed by atoms with Crippen molar-refractivity contribution in [3.05, 3.63) is 82.2 Å². The van der Waals surface area contributed by atoms with Crippen LogP contribution in [0, 0.1) is 0 Å². The van der Waals surface area contributed by atoms with Gasteiger partial charge in [-0.25, -0.2) is 0 Å². The van der Waals surface area contributed by atoms with Gasteiger partial charge in [-0.1, -0.05) is 42.5 Å². The minimum Gasteiger partial charge on any atom is -0.496 e. The summed E-state index contributed by atoms with van der Waals surface area (Å²) in [5, 5.41) is 10.5. The molecule has 1 aromatic heterocycles. The van der Waals surface area contributed by atoms with E-state index in [4.69, 9.17) is 4.74 Å². The lowest BCUT2D eigenvalue weighted by Crippen LogP contribution is -2.38. The normalized spacial score (nSPS) is 17.1. The maximum Gasteiger partial charge on any atom is 0.272 e. The van der Waals surface area contributed by atoms with E-state index >= 15 is 0 Å². The number of para-hydroxylation sites is 1. The van der Waals surface area contributed by atoms with E-state index in [1.165, 1.54) is 11.1 Å². The molecule has 2 aliphatic rings. The van der Waals surface area contributed by atoms with E-state index in [1.54, 1.807) is 12.0 Å². The van der Waals surface area contributed by atoms with E-state index in [9.17, 15) is 9.59 Å². The van der Waals surface area contributed by atoms with Crippen molar-refractivity contribution < 1.29 is 14.3 Å². The lowest BCUT2D eigenvalue weighted by molar-refractivity contribution is -0.131. The summed E-state index contributed by atoms with van der Waals surface area (Å²) in [6.45, 7) is 0.976. The van der Waals surface area contributed by atoms with Crippen LogP contribution in [0.4, 0.5) is 0 Å². The van der Waals surface area contributed by atoms with E-state index in [0.29, 0.717) is 31.0 Å². The highest BCUT2D eigenvalue weighted by molar-refractivity contribution is 5.94. The Morgan fingerprint density at radius 1 is 1.15 bits per heavy atom. The summed E-state index contributed by atoms with van der Waals surface area (Å²) in [5.74, 6) is 0.534. The number of benzene rings is 2. The van der Waals surface area contributed by atoms with Crippen LogP contribution in [0.2, 0.25) is 0 Å². The van der Waals surface area contributed by atoms with Gasteiger partial charge in [-0.3, -0.25) is 14.7 Å². The summed E-state index contributed by atoms with van der Waals surface area (Å²) in [6.07, 6.45) is 3.92. The van der Waals surface area contributed by atoms with Gasteiger partial charge in [0, 0.05) is 36.3 Å². The molecule has 2 N–H and O–H groups in total. The Labute approximate surface area is 193 Å². The van der Waals surface area contributed by atoms with Gasteiger partial charge in [-0.05, 0) is 36.5 Å². The second-order valence-corrected chi connectivity index (χ2v) is 8.70. The molecule has 2 amide bonds. The van der Waals surface area contributed by atoms with E-state index in [2.05, 4.69) is 27.6 Å². The number of aryl methyl sites for hydroxylation is 1. The van der Waals surface area contributed by atoms with Gasteiger partial charge in [0.1, 0.15) is 5.75 Å². The number of nitrogens with zero attached hydrogens (tertiary/aromatic N) is 2. The number of rotatable bonds is 5. The molecule has 1 aliphatic carbocycles. The largest absolute Gasteiger partial charge is 0.496 e. The van der Waals surface area contributed by atoms with Gasteiger partial charge in [-0.2, -0.15) is 5.10 Å². The zero-order valence-corrected chi connectivity index (χ0v) is 18.8. The second kappa shape index (κ2) is 9.10. The summed E-state index contributed by atoms with van der Waals surface area (Å²) in [6, 6.07) is 15.8. The molecule has 2 heterocycles. The number of ether oxygens (including phenoxy) is 1. The second-order valence-electron chi connectivity index (χ2n) is 8.70. The molecule has 0 radical (unpaired) electrons. The summed E-state index contributed by atoms with van der Waals surface area (Å²) < 4.78 is 5.39. The quantitative estimate of drug-likeness (QED) is 0.632. The zero-order chi connectivity index (χ0) is 22.8. The number of aromatic amines is 1. The van der Waals surface area contributed by atoms with Crippen LogP contribution in [0.25, 0.3) is 0 Å². The number of H-pyrrole nitrogens is 1. The first kappa shape index (κ1) is 21.2. The highest BCUT2D eigenvalue weighted by Crippen LogP contribution is 2.30. The third-order valence-corrected chi connectivity index (χ3v) is 6.71. The smallest absolute Gasteiger partial charge is 0.272 e. The average Bonchev–Trinajstić information content (AvgIpc) is 3.28. The molecule has 3 aromatic rings. The summed E-state index contributed by atoms with van der Waals surface area (Å²) >= 11 is 0. The van der Waals surface area contributed by atoms with Crippen LogP contribution in [0.1, 0.15) is 57.3 Å². The summed E-state index contributed by atoms with van der Waals surface area (Å²) in [7, 11) is 1.61. The van der Waals surface area contributed by atoms with E-state index < -0.39 is 0 Å². The fraction of sp³-hybridized carbons (Fsp3) is 0.346. The summed E-state index contributed by atoms with van der Waals surface area (Å²) in [5.41, 5.74) is 5.49. The van der Waals surface area contributed by atoms with Crippen molar-refractivity contribution in [3.63, 3.8) is 0 Å². The predicted octanol–water partition coefficient (Wildman–Crippen LogP) is 3.35. The lowest BCUT2D eigenvalue weighted by atomic mass is 9.87. The van der Waals surface area contributed by atoms with Crippen LogP contribution in [-0.4, -0.2) is 40.6 Å². The van der Waals surface area contributed by atoms with E-state index in [1.807, 2.05) is 36.4 Å². The van der Waals surface area contributed by atoms with Gasteiger partial charge < -0.3 is 15.0 Å². The number of fused-ring (bicyclic) bond motifs is 2. The minimum atomic E-state index is -0.187. The maximum absolute atomic E-state index is 13.2. The molecule has 1 aliphatic heterocycles. The summed E-state index contributed by atoms with van der Waals surface area (Å²) in [4.78, 5) is 28.0. The number of hydrogen-bond donors (Lipinski definition) is 2. The van der Waals surface area contributed by atoms with Crippen molar-refractivity contribution in [2.24, 2.45) is 0 Å². The third kappa shape index (κ3) is 4.23. The van der Waals surface area contributed by atoms with Crippen molar-refractivity contribution >= 4 is 11.8 Å².